The standard InChI is InChI=1S/C46H31NS/c1-2-11-32(12-3-1)33-23-27-38(28-24-33)47(44-21-9-14-35-13-4-5-17-40(35)44)39-29-25-34(26-30-39)36-15-8-16-37(31-36)41-19-10-20-43-42-18-6-7-22-45(42)48-46(41)43/h1-31H. The zero-order valence-electron chi connectivity index (χ0n) is 26.3. The molecule has 0 saturated carbocycles. The monoisotopic (exact) mass is 629 g/mol. The molecule has 0 amide bonds. The van der Waals surface area contributed by atoms with Crippen LogP contribution in [0.1, 0.15) is 0 Å². The predicted octanol–water partition coefficient (Wildman–Crippen LogP) is 13.7. The van der Waals surface area contributed by atoms with Gasteiger partial charge in [0.25, 0.3) is 0 Å². The molecule has 1 heterocycles. The van der Waals surface area contributed by atoms with Gasteiger partial charge in [0.15, 0.2) is 0 Å². The minimum absolute atomic E-state index is 1.12. The van der Waals surface area contributed by atoms with E-state index in [9.17, 15) is 0 Å². The Morgan fingerprint density at radius 3 is 1.69 bits per heavy atom. The van der Waals surface area contributed by atoms with Crippen LogP contribution >= 0.6 is 11.3 Å². The molecule has 0 unspecified atom stereocenters. The summed E-state index contributed by atoms with van der Waals surface area (Å²) in [4.78, 5) is 2.37. The third-order valence-electron chi connectivity index (χ3n) is 9.28. The zero-order valence-corrected chi connectivity index (χ0v) is 27.1. The molecular formula is C46H31NS. The smallest absolute Gasteiger partial charge is 0.0540 e. The lowest BCUT2D eigenvalue weighted by Gasteiger charge is -2.27. The van der Waals surface area contributed by atoms with Crippen LogP contribution < -0.4 is 4.90 Å². The highest BCUT2D eigenvalue weighted by Gasteiger charge is 2.16. The molecule has 0 fully saturated rings. The Morgan fingerprint density at radius 1 is 0.354 bits per heavy atom. The highest BCUT2D eigenvalue weighted by molar-refractivity contribution is 7.26. The second kappa shape index (κ2) is 12.0. The second-order valence-corrected chi connectivity index (χ2v) is 13.2. The van der Waals surface area contributed by atoms with E-state index in [1.165, 1.54) is 64.3 Å². The average Bonchev–Trinajstić information content (AvgIpc) is 3.55. The molecule has 1 aromatic heterocycles. The Kier molecular flexibility index (Phi) is 7.07. The van der Waals surface area contributed by atoms with Crippen molar-refractivity contribution in [1.82, 2.24) is 0 Å². The van der Waals surface area contributed by atoms with E-state index >= 15 is 0 Å². The Balaban J connectivity index is 1.11. The van der Waals surface area contributed by atoms with Gasteiger partial charge in [-0.05, 0) is 81.2 Å². The maximum Gasteiger partial charge on any atom is 0.0540 e. The van der Waals surface area contributed by atoms with Crippen LogP contribution in [0.5, 0.6) is 0 Å². The summed E-state index contributed by atoms with van der Waals surface area (Å²) in [5.74, 6) is 0. The minimum atomic E-state index is 1.12. The van der Waals surface area contributed by atoms with Crippen LogP contribution in [0.15, 0.2) is 188 Å². The molecule has 0 aliphatic rings. The van der Waals surface area contributed by atoms with Gasteiger partial charge in [0.1, 0.15) is 0 Å². The Bertz CT molecular complexity index is 2540. The molecule has 2 heteroatoms. The predicted molar refractivity (Wildman–Crippen MR) is 208 cm³/mol. The first-order chi connectivity index (χ1) is 23.8. The molecule has 226 valence electrons. The average molecular weight is 630 g/mol. The number of nitrogens with zero attached hydrogens (tertiary/aromatic N) is 1. The molecule has 0 bridgehead atoms. The van der Waals surface area contributed by atoms with Crippen molar-refractivity contribution in [2.45, 2.75) is 0 Å². The molecule has 0 radical (unpaired) electrons. The molecule has 0 spiro atoms. The molecule has 0 N–H and O–H groups in total. The zero-order chi connectivity index (χ0) is 31.9. The molecule has 0 aliphatic heterocycles. The van der Waals surface area contributed by atoms with Gasteiger partial charge in [0.05, 0.1) is 5.69 Å². The number of fused-ring (bicyclic) bond motifs is 4. The third kappa shape index (κ3) is 5.04. The van der Waals surface area contributed by atoms with Crippen LogP contribution in [-0.2, 0) is 0 Å². The fraction of sp³-hybridized carbons (Fsp3) is 0. The number of benzene rings is 8. The van der Waals surface area contributed by atoms with E-state index < -0.39 is 0 Å². The molecule has 9 aromatic rings. The SMILES string of the molecule is c1ccc(-c2ccc(N(c3ccc(-c4cccc(-c5cccc6c5sc5ccccc56)c4)cc3)c3cccc4ccccc34)cc2)cc1. The van der Waals surface area contributed by atoms with E-state index in [1.807, 2.05) is 11.3 Å². The first-order valence-corrected chi connectivity index (χ1v) is 17.2. The van der Waals surface area contributed by atoms with Crippen molar-refractivity contribution in [3.63, 3.8) is 0 Å². The summed E-state index contributed by atoms with van der Waals surface area (Å²) in [6, 6.07) is 68.0. The van der Waals surface area contributed by atoms with Crippen LogP contribution in [-0.4, -0.2) is 0 Å². The van der Waals surface area contributed by atoms with Crippen molar-refractivity contribution in [3.05, 3.63) is 188 Å². The molecule has 0 atom stereocenters. The fourth-order valence-electron chi connectivity index (χ4n) is 6.91. The molecule has 8 aromatic carbocycles. The van der Waals surface area contributed by atoms with Gasteiger partial charge in [-0.1, -0.05) is 146 Å². The summed E-state index contributed by atoms with van der Waals surface area (Å²) in [6.45, 7) is 0. The Hall–Kier alpha value is -5.96. The highest BCUT2D eigenvalue weighted by atomic mass is 32.1. The largest absolute Gasteiger partial charge is 0.310 e. The van der Waals surface area contributed by atoms with Crippen molar-refractivity contribution in [2.75, 3.05) is 4.90 Å². The van der Waals surface area contributed by atoms with Gasteiger partial charge >= 0.3 is 0 Å². The lowest BCUT2D eigenvalue weighted by molar-refractivity contribution is 1.30. The first kappa shape index (κ1) is 28.3. The first-order valence-electron chi connectivity index (χ1n) is 16.3. The van der Waals surface area contributed by atoms with Crippen molar-refractivity contribution < 1.29 is 0 Å². The molecule has 0 aliphatic carbocycles. The van der Waals surface area contributed by atoms with Crippen molar-refractivity contribution in [3.8, 4) is 33.4 Å². The topological polar surface area (TPSA) is 3.24 Å². The van der Waals surface area contributed by atoms with Crippen LogP contribution in [0.25, 0.3) is 64.3 Å². The molecular weight excluding hydrogens is 599 g/mol. The fourth-order valence-corrected chi connectivity index (χ4v) is 8.15. The highest BCUT2D eigenvalue weighted by Crippen LogP contribution is 2.42. The van der Waals surface area contributed by atoms with Gasteiger partial charge in [-0.3, -0.25) is 0 Å². The van der Waals surface area contributed by atoms with Crippen LogP contribution in [0.3, 0.4) is 0 Å². The summed E-state index contributed by atoms with van der Waals surface area (Å²) in [7, 11) is 0. The van der Waals surface area contributed by atoms with Crippen LogP contribution in [0, 0.1) is 0 Å². The summed E-state index contributed by atoms with van der Waals surface area (Å²) < 4.78 is 2.67. The van der Waals surface area contributed by atoms with Gasteiger partial charge in [-0.2, -0.15) is 0 Å². The van der Waals surface area contributed by atoms with Crippen LogP contribution in [0.4, 0.5) is 17.1 Å². The van der Waals surface area contributed by atoms with Crippen molar-refractivity contribution >= 4 is 59.3 Å². The maximum absolute atomic E-state index is 2.37. The number of thiophene rings is 1. The number of anilines is 3. The van der Waals surface area contributed by atoms with Gasteiger partial charge < -0.3 is 4.90 Å². The lowest BCUT2D eigenvalue weighted by Crippen LogP contribution is -2.10. The quantitative estimate of drug-likeness (QED) is 0.177. The van der Waals surface area contributed by atoms with Gasteiger partial charge in [0, 0.05) is 36.9 Å². The van der Waals surface area contributed by atoms with E-state index in [0.717, 1.165) is 17.1 Å². The van der Waals surface area contributed by atoms with Crippen molar-refractivity contribution in [2.24, 2.45) is 0 Å². The van der Waals surface area contributed by atoms with E-state index in [4.69, 9.17) is 0 Å². The van der Waals surface area contributed by atoms with Gasteiger partial charge in [-0.15, -0.1) is 11.3 Å². The van der Waals surface area contributed by atoms with Gasteiger partial charge in [0.2, 0.25) is 0 Å². The number of hydrogen-bond donors (Lipinski definition) is 0. The van der Waals surface area contributed by atoms with E-state index in [0.29, 0.717) is 0 Å². The number of hydrogen-bond acceptors (Lipinski definition) is 2. The molecule has 0 saturated heterocycles. The summed E-state index contributed by atoms with van der Waals surface area (Å²) >= 11 is 1.88. The molecule has 9 rings (SSSR count). The summed E-state index contributed by atoms with van der Waals surface area (Å²) in [5.41, 5.74) is 10.8. The number of rotatable bonds is 6. The summed E-state index contributed by atoms with van der Waals surface area (Å²) in [5, 5.41) is 5.10. The van der Waals surface area contributed by atoms with Crippen LogP contribution in [0.2, 0.25) is 0 Å². The molecule has 48 heavy (non-hydrogen) atoms. The third-order valence-corrected chi connectivity index (χ3v) is 10.5. The Labute approximate surface area is 284 Å². The van der Waals surface area contributed by atoms with Crippen molar-refractivity contribution in [1.29, 1.82) is 0 Å². The molecule has 1 nitrogen and oxygen atoms in total. The van der Waals surface area contributed by atoms with Gasteiger partial charge in [-0.25, -0.2) is 0 Å². The lowest BCUT2D eigenvalue weighted by atomic mass is 9.97. The summed E-state index contributed by atoms with van der Waals surface area (Å²) in [6.07, 6.45) is 0. The van der Waals surface area contributed by atoms with E-state index in [2.05, 4.69) is 193 Å². The van der Waals surface area contributed by atoms with E-state index in [-0.39, 0.29) is 0 Å². The second-order valence-electron chi connectivity index (χ2n) is 12.2. The Morgan fingerprint density at radius 2 is 0.896 bits per heavy atom. The normalized spacial score (nSPS) is 11.3. The van der Waals surface area contributed by atoms with E-state index in [1.54, 1.807) is 0 Å². The maximum atomic E-state index is 2.37. The minimum Gasteiger partial charge on any atom is -0.310 e.